The zero-order valence-electron chi connectivity index (χ0n) is 10.2. The van der Waals surface area contributed by atoms with Gasteiger partial charge >= 0.3 is 6.18 Å². The summed E-state index contributed by atoms with van der Waals surface area (Å²) in [5.74, 6) is 0. The number of rotatable bonds is 3. The van der Waals surface area contributed by atoms with E-state index in [4.69, 9.17) is 0 Å². The van der Waals surface area contributed by atoms with Gasteiger partial charge in [0.15, 0.2) is 0 Å². The second kappa shape index (κ2) is 6.09. The van der Waals surface area contributed by atoms with E-state index in [1.54, 1.807) is 6.21 Å². The first kappa shape index (κ1) is 14.6. The second-order valence-corrected chi connectivity index (χ2v) is 4.82. The lowest BCUT2D eigenvalue weighted by Crippen LogP contribution is -2.04. The maximum atomic E-state index is 12.4. The average molecular weight is 343 g/mol. The largest absolute Gasteiger partial charge is 0.416 e. The zero-order valence-corrected chi connectivity index (χ0v) is 11.7. The molecule has 0 amide bonds. The Morgan fingerprint density at radius 1 is 1.00 bits per heavy atom. The number of hydrazone groups is 1. The van der Waals surface area contributed by atoms with Crippen molar-refractivity contribution in [1.29, 1.82) is 0 Å². The maximum Gasteiger partial charge on any atom is 0.416 e. The van der Waals surface area contributed by atoms with Crippen LogP contribution in [-0.2, 0) is 6.18 Å². The Labute approximate surface area is 122 Å². The Kier molecular flexibility index (Phi) is 4.44. The summed E-state index contributed by atoms with van der Waals surface area (Å²) >= 11 is 3.37. The normalized spacial score (nSPS) is 11.8. The van der Waals surface area contributed by atoms with Crippen molar-refractivity contribution in [1.82, 2.24) is 0 Å². The fourth-order valence-corrected chi connectivity index (χ4v) is 1.88. The van der Waals surface area contributed by atoms with Gasteiger partial charge in [-0.3, -0.25) is 5.43 Å². The standard InChI is InChI=1S/C14H10BrF3N2/c15-13-4-2-1-3-10(13)9-19-20-12-7-5-11(6-8-12)14(16,17)18/h1-9,20H/b19-9+. The zero-order chi connectivity index (χ0) is 14.6. The molecular formula is C14H10BrF3N2. The molecule has 0 spiro atoms. The summed E-state index contributed by atoms with van der Waals surface area (Å²) in [6, 6.07) is 12.2. The van der Waals surface area contributed by atoms with Crippen LogP contribution in [0.15, 0.2) is 58.1 Å². The van der Waals surface area contributed by atoms with E-state index in [1.165, 1.54) is 12.1 Å². The van der Waals surface area contributed by atoms with Gasteiger partial charge in [-0.05, 0) is 30.3 Å². The molecule has 2 aromatic carbocycles. The lowest BCUT2D eigenvalue weighted by Gasteiger charge is -2.07. The van der Waals surface area contributed by atoms with Crippen LogP contribution in [0.25, 0.3) is 0 Å². The van der Waals surface area contributed by atoms with E-state index in [9.17, 15) is 13.2 Å². The third-order valence-corrected chi connectivity index (χ3v) is 3.24. The summed E-state index contributed by atoms with van der Waals surface area (Å²) in [4.78, 5) is 0. The SMILES string of the molecule is FC(F)(F)c1ccc(N/N=C/c2ccccc2Br)cc1. The van der Waals surface area contributed by atoms with Gasteiger partial charge in [0.05, 0.1) is 17.5 Å². The molecule has 0 atom stereocenters. The molecule has 2 rings (SSSR count). The van der Waals surface area contributed by atoms with Crippen LogP contribution >= 0.6 is 15.9 Å². The van der Waals surface area contributed by atoms with E-state index in [0.29, 0.717) is 5.69 Å². The van der Waals surface area contributed by atoms with Crippen LogP contribution in [0.3, 0.4) is 0 Å². The molecule has 2 nitrogen and oxygen atoms in total. The van der Waals surface area contributed by atoms with Gasteiger partial charge < -0.3 is 0 Å². The van der Waals surface area contributed by atoms with Crippen molar-refractivity contribution >= 4 is 27.8 Å². The minimum absolute atomic E-state index is 0.487. The molecule has 0 saturated heterocycles. The van der Waals surface area contributed by atoms with Crippen LogP contribution in [0.4, 0.5) is 18.9 Å². The lowest BCUT2D eigenvalue weighted by molar-refractivity contribution is -0.137. The van der Waals surface area contributed by atoms with Gasteiger partial charge in [-0.1, -0.05) is 34.1 Å². The van der Waals surface area contributed by atoms with Crippen molar-refractivity contribution < 1.29 is 13.2 Å². The summed E-state index contributed by atoms with van der Waals surface area (Å²) in [5.41, 5.74) is 3.35. The van der Waals surface area contributed by atoms with Crippen LogP contribution < -0.4 is 5.43 Å². The summed E-state index contributed by atoms with van der Waals surface area (Å²) in [6.07, 6.45) is -2.74. The van der Waals surface area contributed by atoms with E-state index < -0.39 is 11.7 Å². The molecule has 0 aliphatic heterocycles. The fraction of sp³-hybridized carbons (Fsp3) is 0.0714. The molecule has 104 valence electrons. The van der Waals surface area contributed by atoms with Crippen molar-refractivity contribution in [3.05, 3.63) is 64.1 Å². The molecule has 0 aliphatic carbocycles. The van der Waals surface area contributed by atoms with E-state index >= 15 is 0 Å². The van der Waals surface area contributed by atoms with Crippen molar-refractivity contribution in [3.8, 4) is 0 Å². The Morgan fingerprint density at radius 2 is 1.65 bits per heavy atom. The van der Waals surface area contributed by atoms with Crippen LogP contribution in [0.5, 0.6) is 0 Å². The second-order valence-electron chi connectivity index (χ2n) is 3.97. The van der Waals surface area contributed by atoms with Crippen molar-refractivity contribution in [2.75, 3.05) is 5.43 Å². The monoisotopic (exact) mass is 342 g/mol. The predicted octanol–water partition coefficient (Wildman–Crippen LogP) is 4.91. The van der Waals surface area contributed by atoms with Gasteiger partial charge in [0, 0.05) is 10.0 Å². The Morgan fingerprint density at radius 3 is 2.25 bits per heavy atom. The highest BCUT2D eigenvalue weighted by atomic mass is 79.9. The predicted molar refractivity (Wildman–Crippen MR) is 76.8 cm³/mol. The molecule has 0 saturated carbocycles. The molecular weight excluding hydrogens is 333 g/mol. The molecule has 6 heteroatoms. The Bertz CT molecular complexity index is 607. The fourth-order valence-electron chi connectivity index (χ4n) is 1.49. The van der Waals surface area contributed by atoms with Crippen LogP contribution in [-0.4, -0.2) is 6.21 Å². The first-order valence-corrected chi connectivity index (χ1v) is 6.47. The number of alkyl halides is 3. The first-order chi connectivity index (χ1) is 9.47. The van der Waals surface area contributed by atoms with Gasteiger partial charge in [-0.2, -0.15) is 18.3 Å². The highest BCUT2D eigenvalue weighted by Crippen LogP contribution is 2.29. The number of nitrogens with one attached hydrogen (secondary N) is 1. The molecule has 0 aliphatic rings. The third kappa shape index (κ3) is 3.84. The maximum absolute atomic E-state index is 12.4. The number of benzene rings is 2. The van der Waals surface area contributed by atoms with Gasteiger partial charge in [-0.25, -0.2) is 0 Å². The lowest BCUT2D eigenvalue weighted by atomic mass is 10.2. The van der Waals surface area contributed by atoms with Gasteiger partial charge in [-0.15, -0.1) is 0 Å². The van der Waals surface area contributed by atoms with Gasteiger partial charge in [0.2, 0.25) is 0 Å². The number of halogens is 4. The van der Waals surface area contributed by atoms with E-state index in [1.807, 2.05) is 24.3 Å². The quantitative estimate of drug-likeness (QED) is 0.621. The summed E-state index contributed by atoms with van der Waals surface area (Å²) in [6.45, 7) is 0. The molecule has 0 heterocycles. The molecule has 2 aromatic rings. The smallest absolute Gasteiger partial charge is 0.279 e. The molecule has 1 N–H and O–H groups in total. The minimum atomic E-state index is -4.32. The highest BCUT2D eigenvalue weighted by molar-refractivity contribution is 9.10. The summed E-state index contributed by atoms with van der Waals surface area (Å²) in [7, 11) is 0. The van der Waals surface area contributed by atoms with Crippen molar-refractivity contribution in [3.63, 3.8) is 0 Å². The molecule has 20 heavy (non-hydrogen) atoms. The summed E-state index contributed by atoms with van der Waals surface area (Å²) in [5, 5.41) is 3.98. The molecule has 0 aromatic heterocycles. The van der Waals surface area contributed by atoms with E-state index in [2.05, 4.69) is 26.5 Å². The van der Waals surface area contributed by atoms with Crippen molar-refractivity contribution in [2.24, 2.45) is 5.10 Å². The van der Waals surface area contributed by atoms with Gasteiger partial charge in [0.25, 0.3) is 0 Å². The van der Waals surface area contributed by atoms with Crippen molar-refractivity contribution in [2.45, 2.75) is 6.18 Å². The van der Waals surface area contributed by atoms with Crippen LogP contribution in [0.1, 0.15) is 11.1 Å². The Hall–Kier alpha value is -1.82. The third-order valence-electron chi connectivity index (χ3n) is 2.51. The average Bonchev–Trinajstić information content (AvgIpc) is 2.40. The molecule has 0 fully saturated rings. The van der Waals surface area contributed by atoms with E-state index in [-0.39, 0.29) is 0 Å². The molecule has 0 bridgehead atoms. The number of anilines is 1. The number of hydrogen-bond donors (Lipinski definition) is 1. The minimum Gasteiger partial charge on any atom is -0.279 e. The highest BCUT2D eigenvalue weighted by Gasteiger charge is 2.29. The topological polar surface area (TPSA) is 24.4 Å². The Balaban J connectivity index is 2.03. The van der Waals surface area contributed by atoms with E-state index in [0.717, 1.165) is 22.2 Å². The van der Waals surface area contributed by atoms with Crippen LogP contribution in [0, 0.1) is 0 Å². The first-order valence-electron chi connectivity index (χ1n) is 5.68. The molecule has 0 unspecified atom stereocenters. The van der Waals surface area contributed by atoms with Gasteiger partial charge in [0.1, 0.15) is 0 Å². The summed E-state index contributed by atoms with van der Waals surface area (Å²) < 4.78 is 38.0. The number of hydrogen-bond acceptors (Lipinski definition) is 2. The number of nitrogens with zero attached hydrogens (tertiary/aromatic N) is 1. The van der Waals surface area contributed by atoms with Crippen LogP contribution in [0.2, 0.25) is 0 Å². The molecule has 0 radical (unpaired) electrons.